The second-order valence-electron chi connectivity index (χ2n) is 2.95. The third kappa shape index (κ3) is 1.08. The minimum atomic E-state index is 0.537. The second kappa shape index (κ2) is 2.60. The van der Waals surface area contributed by atoms with Gasteiger partial charge >= 0.3 is 0 Å². The van der Waals surface area contributed by atoms with Crippen LogP contribution in [0.3, 0.4) is 0 Å². The van der Waals surface area contributed by atoms with Crippen molar-refractivity contribution in [3.63, 3.8) is 0 Å². The molecule has 3 nitrogen and oxygen atoms in total. The van der Waals surface area contributed by atoms with Crippen LogP contribution in [0.5, 0.6) is 0 Å². The summed E-state index contributed by atoms with van der Waals surface area (Å²) in [7, 11) is 0. The van der Waals surface area contributed by atoms with E-state index in [0.717, 1.165) is 16.7 Å². The fourth-order valence-corrected chi connectivity index (χ4v) is 1.29. The number of hydrogen-bond acceptors (Lipinski definition) is 2. The van der Waals surface area contributed by atoms with Crippen molar-refractivity contribution in [3.8, 4) is 0 Å². The third-order valence-corrected chi connectivity index (χ3v) is 1.88. The molecule has 3 N–H and O–H groups in total. The average molecular weight is 161 g/mol. The first-order valence-corrected chi connectivity index (χ1v) is 3.94. The zero-order valence-corrected chi connectivity index (χ0v) is 6.96. The fourth-order valence-electron chi connectivity index (χ4n) is 1.29. The Morgan fingerprint density at radius 2 is 2.33 bits per heavy atom. The molecule has 62 valence electrons. The van der Waals surface area contributed by atoms with Crippen molar-refractivity contribution in [2.75, 3.05) is 0 Å². The van der Waals surface area contributed by atoms with E-state index in [1.165, 1.54) is 5.56 Å². The van der Waals surface area contributed by atoms with E-state index in [2.05, 4.69) is 16.0 Å². The summed E-state index contributed by atoms with van der Waals surface area (Å²) in [4.78, 5) is 7.37. The number of H-pyrrole nitrogens is 1. The minimum absolute atomic E-state index is 0.537. The van der Waals surface area contributed by atoms with Crippen LogP contribution in [0.4, 0.5) is 0 Å². The first-order valence-electron chi connectivity index (χ1n) is 3.94. The van der Waals surface area contributed by atoms with Crippen molar-refractivity contribution in [2.24, 2.45) is 5.73 Å². The van der Waals surface area contributed by atoms with E-state index in [-0.39, 0.29) is 0 Å². The molecule has 0 aromatic carbocycles. The zero-order chi connectivity index (χ0) is 8.55. The summed E-state index contributed by atoms with van der Waals surface area (Å²) in [5.74, 6) is 0. The highest BCUT2D eigenvalue weighted by molar-refractivity contribution is 5.76. The van der Waals surface area contributed by atoms with Crippen LogP contribution in [0.15, 0.2) is 18.3 Å². The van der Waals surface area contributed by atoms with Gasteiger partial charge in [-0.25, -0.2) is 4.98 Å². The van der Waals surface area contributed by atoms with Gasteiger partial charge in [-0.1, -0.05) is 0 Å². The second-order valence-corrected chi connectivity index (χ2v) is 2.95. The number of aromatic amines is 1. The standard InChI is InChI=1S/C9H11N3/c1-6-2-7-3-8(4-10)12-9(7)11-5-6/h2-3,5H,4,10H2,1H3,(H,11,12). The van der Waals surface area contributed by atoms with Gasteiger partial charge < -0.3 is 10.7 Å². The molecule has 0 radical (unpaired) electrons. The number of hydrogen-bond donors (Lipinski definition) is 2. The summed E-state index contributed by atoms with van der Waals surface area (Å²) in [6.07, 6.45) is 1.85. The Balaban J connectivity index is 2.67. The molecular weight excluding hydrogens is 150 g/mol. The van der Waals surface area contributed by atoms with Gasteiger partial charge in [0.15, 0.2) is 0 Å². The molecule has 0 unspecified atom stereocenters. The summed E-state index contributed by atoms with van der Waals surface area (Å²) in [6, 6.07) is 4.13. The van der Waals surface area contributed by atoms with Crippen LogP contribution in [-0.2, 0) is 6.54 Å². The number of nitrogens with zero attached hydrogens (tertiary/aromatic N) is 1. The van der Waals surface area contributed by atoms with Crippen LogP contribution in [0.1, 0.15) is 11.3 Å². The Hall–Kier alpha value is -1.35. The quantitative estimate of drug-likeness (QED) is 0.663. The fraction of sp³-hybridized carbons (Fsp3) is 0.222. The molecule has 0 aliphatic heterocycles. The topological polar surface area (TPSA) is 54.7 Å². The van der Waals surface area contributed by atoms with E-state index in [0.29, 0.717) is 6.54 Å². The molecule has 3 heteroatoms. The predicted octanol–water partition coefficient (Wildman–Crippen LogP) is 1.33. The van der Waals surface area contributed by atoms with E-state index >= 15 is 0 Å². The highest BCUT2D eigenvalue weighted by Crippen LogP contribution is 2.13. The van der Waals surface area contributed by atoms with Crippen LogP contribution in [-0.4, -0.2) is 9.97 Å². The maximum absolute atomic E-state index is 5.49. The van der Waals surface area contributed by atoms with Crippen molar-refractivity contribution < 1.29 is 0 Å². The van der Waals surface area contributed by atoms with Crippen LogP contribution in [0.2, 0.25) is 0 Å². The lowest BCUT2D eigenvalue weighted by Gasteiger charge is -1.89. The summed E-state index contributed by atoms with van der Waals surface area (Å²) in [5, 5.41) is 1.13. The van der Waals surface area contributed by atoms with Crippen LogP contribution >= 0.6 is 0 Å². The molecule has 0 atom stereocenters. The van der Waals surface area contributed by atoms with Crippen molar-refractivity contribution in [3.05, 3.63) is 29.6 Å². The molecule has 0 spiro atoms. The normalized spacial score (nSPS) is 10.8. The van der Waals surface area contributed by atoms with Crippen molar-refractivity contribution in [2.45, 2.75) is 13.5 Å². The number of rotatable bonds is 1. The largest absolute Gasteiger partial charge is 0.342 e. The van der Waals surface area contributed by atoms with E-state index in [4.69, 9.17) is 5.73 Å². The molecule has 2 aromatic rings. The van der Waals surface area contributed by atoms with Crippen molar-refractivity contribution in [1.82, 2.24) is 9.97 Å². The molecular formula is C9H11N3. The Morgan fingerprint density at radius 1 is 1.50 bits per heavy atom. The van der Waals surface area contributed by atoms with Gasteiger partial charge in [-0.05, 0) is 24.6 Å². The molecule has 2 heterocycles. The van der Waals surface area contributed by atoms with E-state index in [1.54, 1.807) is 0 Å². The molecule has 0 saturated heterocycles. The highest BCUT2D eigenvalue weighted by atomic mass is 14.9. The minimum Gasteiger partial charge on any atom is -0.342 e. The Kier molecular flexibility index (Phi) is 1.59. The number of fused-ring (bicyclic) bond motifs is 1. The molecule has 0 saturated carbocycles. The molecule has 0 aliphatic rings. The summed E-state index contributed by atoms with van der Waals surface area (Å²) >= 11 is 0. The number of aromatic nitrogens is 2. The number of pyridine rings is 1. The molecule has 0 fully saturated rings. The molecule has 0 amide bonds. The van der Waals surface area contributed by atoms with E-state index < -0.39 is 0 Å². The Bertz CT molecular complexity index is 403. The molecule has 12 heavy (non-hydrogen) atoms. The lowest BCUT2D eigenvalue weighted by molar-refractivity contribution is 1.02. The van der Waals surface area contributed by atoms with Crippen LogP contribution in [0.25, 0.3) is 11.0 Å². The van der Waals surface area contributed by atoms with Gasteiger partial charge in [0.2, 0.25) is 0 Å². The SMILES string of the molecule is Cc1cnc2[nH]c(CN)cc2c1. The van der Waals surface area contributed by atoms with Crippen LogP contribution in [0, 0.1) is 6.92 Å². The predicted molar refractivity (Wildman–Crippen MR) is 48.7 cm³/mol. The number of nitrogens with two attached hydrogens (primary N) is 1. The third-order valence-electron chi connectivity index (χ3n) is 1.88. The molecule has 2 rings (SSSR count). The maximum Gasteiger partial charge on any atom is 0.137 e. The van der Waals surface area contributed by atoms with Gasteiger partial charge in [-0.2, -0.15) is 0 Å². The Morgan fingerprint density at radius 3 is 3.08 bits per heavy atom. The number of aryl methyl sites for hydroxylation is 1. The van der Waals surface area contributed by atoms with Gasteiger partial charge in [-0.3, -0.25) is 0 Å². The average Bonchev–Trinajstić information content (AvgIpc) is 2.46. The Labute approximate surface area is 70.6 Å². The van der Waals surface area contributed by atoms with Crippen LogP contribution < -0.4 is 5.73 Å². The molecule has 2 aromatic heterocycles. The lowest BCUT2D eigenvalue weighted by Crippen LogP contribution is -1.95. The van der Waals surface area contributed by atoms with Gasteiger partial charge in [0.05, 0.1) is 0 Å². The van der Waals surface area contributed by atoms with Crippen molar-refractivity contribution >= 4 is 11.0 Å². The zero-order valence-electron chi connectivity index (χ0n) is 6.96. The van der Waals surface area contributed by atoms with Gasteiger partial charge in [0.25, 0.3) is 0 Å². The molecule has 0 bridgehead atoms. The van der Waals surface area contributed by atoms with E-state index in [9.17, 15) is 0 Å². The first kappa shape index (κ1) is 7.31. The summed E-state index contributed by atoms with van der Waals surface area (Å²) in [6.45, 7) is 2.57. The summed E-state index contributed by atoms with van der Waals surface area (Å²) < 4.78 is 0. The first-order chi connectivity index (χ1) is 5.79. The van der Waals surface area contributed by atoms with Gasteiger partial charge in [0, 0.05) is 23.8 Å². The lowest BCUT2D eigenvalue weighted by atomic mass is 10.2. The maximum atomic E-state index is 5.49. The monoisotopic (exact) mass is 161 g/mol. The summed E-state index contributed by atoms with van der Waals surface area (Å²) in [5.41, 5.74) is 8.61. The van der Waals surface area contributed by atoms with E-state index in [1.807, 2.05) is 19.2 Å². The highest BCUT2D eigenvalue weighted by Gasteiger charge is 1.99. The molecule has 0 aliphatic carbocycles. The van der Waals surface area contributed by atoms with Gasteiger partial charge in [0.1, 0.15) is 5.65 Å². The smallest absolute Gasteiger partial charge is 0.137 e. The van der Waals surface area contributed by atoms with Crippen molar-refractivity contribution in [1.29, 1.82) is 0 Å². The van der Waals surface area contributed by atoms with Gasteiger partial charge in [-0.15, -0.1) is 0 Å². The number of nitrogens with one attached hydrogen (secondary N) is 1.